The highest BCUT2D eigenvalue weighted by Crippen LogP contribution is 2.10. The van der Waals surface area contributed by atoms with Gasteiger partial charge in [0, 0.05) is 27.2 Å². The Hall–Kier alpha value is -0.830. The molecule has 1 aromatic carbocycles. The van der Waals surface area contributed by atoms with Crippen LogP contribution < -0.4 is 5.32 Å². The highest BCUT2D eigenvalue weighted by Gasteiger charge is 2.13. The van der Waals surface area contributed by atoms with Gasteiger partial charge in [-0.05, 0) is 25.0 Å². The van der Waals surface area contributed by atoms with E-state index in [4.69, 9.17) is 0 Å². The number of aliphatic imine (C=N–C) groups is 1. The van der Waals surface area contributed by atoms with Crippen molar-refractivity contribution in [2.24, 2.45) is 4.99 Å². The third-order valence-electron chi connectivity index (χ3n) is 3.40. The lowest BCUT2D eigenvalue weighted by Crippen LogP contribution is -2.40. The number of hydrogen-bond acceptors (Lipinski definition) is 3. The minimum Gasteiger partial charge on any atom is -0.356 e. The molecule has 0 aliphatic rings. The van der Waals surface area contributed by atoms with Gasteiger partial charge in [0.15, 0.2) is 15.8 Å². The van der Waals surface area contributed by atoms with Gasteiger partial charge in [0.05, 0.1) is 10.6 Å². The van der Waals surface area contributed by atoms with E-state index >= 15 is 0 Å². The average molecular weight is 453 g/mol. The van der Waals surface area contributed by atoms with Crippen molar-refractivity contribution in [3.8, 4) is 0 Å². The van der Waals surface area contributed by atoms with Crippen molar-refractivity contribution < 1.29 is 8.42 Å². The summed E-state index contributed by atoms with van der Waals surface area (Å²) in [5.74, 6) is 0.949. The number of rotatable bonds is 8. The van der Waals surface area contributed by atoms with E-state index in [9.17, 15) is 8.42 Å². The fourth-order valence-corrected chi connectivity index (χ4v) is 3.43. The average Bonchev–Trinajstić information content (AvgIpc) is 2.53. The summed E-state index contributed by atoms with van der Waals surface area (Å²) in [5.41, 5.74) is 0. The highest BCUT2D eigenvalue weighted by molar-refractivity contribution is 14.0. The Balaban J connectivity index is 0.00000484. The molecule has 0 aliphatic heterocycles. The zero-order chi connectivity index (χ0) is 16.4. The summed E-state index contributed by atoms with van der Waals surface area (Å²) in [6.45, 7) is 3.69. The first-order valence-corrected chi connectivity index (χ1v) is 9.36. The zero-order valence-electron chi connectivity index (χ0n) is 14.2. The van der Waals surface area contributed by atoms with Gasteiger partial charge in [-0.15, -0.1) is 24.0 Å². The lowest BCUT2D eigenvalue weighted by atomic mass is 10.3. The maximum Gasteiger partial charge on any atom is 0.193 e. The van der Waals surface area contributed by atoms with Crippen molar-refractivity contribution in [1.29, 1.82) is 0 Å². The molecule has 1 aromatic rings. The van der Waals surface area contributed by atoms with E-state index in [-0.39, 0.29) is 29.7 Å². The van der Waals surface area contributed by atoms with Gasteiger partial charge in [0.2, 0.25) is 0 Å². The Morgan fingerprint density at radius 2 is 1.87 bits per heavy atom. The molecule has 0 saturated heterocycles. The highest BCUT2D eigenvalue weighted by atomic mass is 127. The summed E-state index contributed by atoms with van der Waals surface area (Å²) in [6.07, 6.45) is 2.80. The van der Waals surface area contributed by atoms with Crippen LogP contribution in [0.5, 0.6) is 0 Å². The molecule has 0 aliphatic carbocycles. The molecule has 7 heteroatoms. The molecule has 0 atom stereocenters. The van der Waals surface area contributed by atoms with Crippen LogP contribution in [0.25, 0.3) is 0 Å². The predicted octanol–water partition coefficient (Wildman–Crippen LogP) is 2.78. The Morgan fingerprint density at radius 1 is 1.22 bits per heavy atom. The fraction of sp³-hybridized carbons (Fsp3) is 0.562. The standard InChI is InChI=1S/C16H27N3O2S.HI/c1-4-5-13-19(3)16(17-2)18-12-9-14-22(20,21)15-10-7-6-8-11-15;/h6-8,10-11H,4-5,9,12-14H2,1-3H3,(H,17,18);1H. The molecule has 0 amide bonds. The van der Waals surface area contributed by atoms with Crippen LogP contribution in [0.15, 0.2) is 40.2 Å². The first-order chi connectivity index (χ1) is 10.5. The van der Waals surface area contributed by atoms with Gasteiger partial charge in [0.1, 0.15) is 0 Å². The Bertz CT molecular complexity index is 562. The zero-order valence-corrected chi connectivity index (χ0v) is 17.3. The number of guanidine groups is 1. The Morgan fingerprint density at radius 3 is 2.43 bits per heavy atom. The van der Waals surface area contributed by atoms with Gasteiger partial charge in [-0.2, -0.15) is 0 Å². The summed E-state index contributed by atoms with van der Waals surface area (Å²) < 4.78 is 24.3. The molecule has 132 valence electrons. The van der Waals surface area contributed by atoms with E-state index < -0.39 is 9.84 Å². The van der Waals surface area contributed by atoms with Crippen LogP contribution >= 0.6 is 24.0 Å². The van der Waals surface area contributed by atoms with Crippen LogP contribution in [0, 0.1) is 0 Å². The molecule has 0 fully saturated rings. The monoisotopic (exact) mass is 453 g/mol. The minimum atomic E-state index is -3.19. The molecule has 0 heterocycles. The van der Waals surface area contributed by atoms with Gasteiger partial charge in [-0.3, -0.25) is 4.99 Å². The molecular formula is C16H28IN3O2S. The number of benzene rings is 1. The smallest absolute Gasteiger partial charge is 0.193 e. The van der Waals surface area contributed by atoms with Crippen LogP contribution in [-0.4, -0.2) is 52.2 Å². The molecule has 0 bridgehead atoms. The first kappa shape index (κ1) is 22.2. The largest absolute Gasteiger partial charge is 0.356 e. The van der Waals surface area contributed by atoms with Gasteiger partial charge >= 0.3 is 0 Å². The quantitative estimate of drug-likeness (QED) is 0.285. The normalized spacial score (nSPS) is 11.7. The lowest BCUT2D eigenvalue weighted by Gasteiger charge is -2.21. The SMILES string of the molecule is CCCCN(C)C(=NC)NCCCS(=O)(=O)c1ccccc1.I. The second kappa shape index (κ2) is 11.7. The number of nitrogens with zero attached hydrogens (tertiary/aromatic N) is 2. The number of sulfone groups is 1. The van der Waals surface area contributed by atoms with Crippen molar-refractivity contribution in [2.45, 2.75) is 31.1 Å². The molecule has 1 N–H and O–H groups in total. The van der Waals surface area contributed by atoms with E-state index in [1.54, 1.807) is 31.3 Å². The lowest BCUT2D eigenvalue weighted by molar-refractivity contribution is 0.464. The van der Waals surface area contributed by atoms with E-state index in [1.807, 2.05) is 13.1 Å². The first-order valence-electron chi connectivity index (χ1n) is 7.71. The topological polar surface area (TPSA) is 61.8 Å². The number of halogens is 1. The summed E-state index contributed by atoms with van der Waals surface area (Å²) >= 11 is 0. The second-order valence-electron chi connectivity index (χ2n) is 5.23. The molecule has 0 aromatic heterocycles. The molecule has 23 heavy (non-hydrogen) atoms. The molecular weight excluding hydrogens is 425 g/mol. The third-order valence-corrected chi connectivity index (χ3v) is 5.21. The number of hydrogen-bond donors (Lipinski definition) is 1. The van der Waals surface area contributed by atoms with Crippen LogP contribution in [-0.2, 0) is 9.84 Å². The summed E-state index contributed by atoms with van der Waals surface area (Å²) in [5, 5.41) is 3.21. The molecule has 0 radical (unpaired) electrons. The van der Waals surface area contributed by atoms with Crippen LogP contribution in [0.2, 0.25) is 0 Å². The maximum absolute atomic E-state index is 12.2. The Labute approximate surface area is 157 Å². The van der Waals surface area contributed by atoms with E-state index in [0.717, 1.165) is 25.3 Å². The van der Waals surface area contributed by atoms with Gasteiger partial charge in [-0.1, -0.05) is 31.5 Å². The summed E-state index contributed by atoms with van der Waals surface area (Å²) in [4.78, 5) is 6.67. The molecule has 0 saturated carbocycles. The fourth-order valence-electron chi connectivity index (χ4n) is 2.09. The van der Waals surface area contributed by atoms with Gasteiger partial charge in [-0.25, -0.2) is 8.42 Å². The van der Waals surface area contributed by atoms with E-state index in [1.165, 1.54) is 0 Å². The van der Waals surface area contributed by atoms with Crippen molar-refractivity contribution in [3.05, 3.63) is 30.3 Å². The summed E-state index contributed by atoms with van der Waals surface area (Å²) in [6, 6.07) is 8.59. The van der Waals surface area contributed by atoms with Crippen molar-refractivity contribution >= 4 is 39.8 Å². The second-order valence-corrected chi connectivity index (χ2v) is 7.34. The van der Waals surface area contributed by atoms with Crippen LogP contribution in [0.1, 0.15) is 26.2 Å². The summed E-state index contributed by atoms with van der Waals surface area (Å²) in [7, 11) is 0.540. The van der Waals surface area contributed by atoms with Crippen molar-refractivity contribution in [2.75, 3.05) is 32.9 Å². The number of nitrogens with one attached hydrogen (secondary N) is 1. The van der Waals surface area contributed by atoms with Crippen LogP contribution in [0.3, 0.4) is 0 Å². The maximum atomic E-state index is 12.2. The molecule has 0 unspecified atom stereocenters. The van der Waals surface area contributed by atoms with E-state index in [0.29, 0.717) is 17.9 Å². The van der Waals surface area contributed by atoms with Gasteiger partial charge < -0.3 is 10.2 Å². The Kier molecular flexibility index (Phi) is 11.2. The van der Waals surface area contributed by atoms with E-state index in [2.05, 4.69) is 22.1 Å². The van der Waals surface area contributed by atoms with Crippen molar-refractivity contribution in [3.63, 3.8) is 0 Å². The third kappa shape index (κ3) is 8.01. The number of unbranched alkanes of at least 4 members (excludes halogenated alkanes) is 1. The van der Waals surface area contributed by atoms with Crippen molar-refractivity contribution in [1.82, 2.24) is 10.2 Å². The van der Waals surface area contributed by atoms with Crippen LogP contribution in [0.4, 0.5) is 0 Å². The predicted molar refractivity (Wildman–Crippen MR) is 107 cm³/mol. The molecule has 0 spiro atoms. The minimum absolute atomic E-state index is 0. The molecule has 1 rings (SSSR count). The van der Waals surface area contributed by atoms with Gasteiger partial charge in [0.25, 0.3) is 0 Å². The molecule has 5 nitrogen and oxygen atoms in total.